The molecule has 2 unspecified atom stereocenters. The maximum atomic E-state index is 13.3. The van der Waals surface area contributed by atoms with Crippen molar-refractivity contribution in [2.75, 3.05) is 13.1 Å². The second kappa shape index (κ2) is 9.47. The second-order valence-corrected chi connectivity index (χ2v) is 7.65. The summed E-state index contributed by atoms with van der Waals surface area (Å²) >= 11 is 0. The molecule has 158 valence electrons. The van der Waals surface area contributed by atoms with Crippen LogP contribution in [0.15, 0.2) is 84.9 Å². The third-order valence-electron chi connectivity index (χ3n) is 5.59. The van der Waals surface area contributed by atoms with Gasteiger partial charge in [-0.05, 0) is 48.7 Å². The minimum absolute atomic E-state index is 0.0858. The van der Waals surface area contributed by atoms with E-state index in [-0.39, 0.29) is 17.9 Å². The number of hydrogen-bond donors (Lipinski definition) is 1. The molecule has 0 radical (unpaired) electrons. The third kappa shape index (κ3) is 4.77. The van der Waals surface area contributed by atoms with E-state index in [0.717, 1.165) is 12.0 Å². The predicted molar refractivity (Wildman–Crippen MR) is 120 cm³/mol. The van der Waals surface area contributed by atoms with Crippen LogP contribution in [-0.2, 0) is 11.2 Å². The summed E-state index contributed by atoms with van der Waals surface area (Å²) in [5, 5.41) is 3.01. The molecule has 2 amide bonds. The lowest BCUT2D eigenvalue weighted by Gasteiger charge is -2.38. The summed E-state index contributed by atoms with van der Waals surface area (Å²) in [7, 11) is 0. The van der Waals surface area contributed by atoms with Gasteiger partial charge in [-0.1, -0.05) is 60.7 Å². The molecule has 0 aliphatic carbocycles. The van der Waals surface area contributed by atoms with Gasteiger partial charge in [-0.15, -0.1) is 0 Å². The smallest absolute Gasteiger partial charge is 0.263 e. The van der Waals surface area contributed by atoms with E-state index >= 15 is 0 Å². The van der Waals surface area contributed by atoms with Crippen molar-refractivity contribution < 1.29 is 14.3 Å². The highest BCUT2D eigenvalue weighted by molar-refractivity contribution is 5.94. The van der Waals surface area contributed by atoms with E-state index in [0.29, 0.717) is 24.4 Å². The number of benzene rings is 3. The Labute approximate surface area is 182 Å². The number of para-hydroxylation sites is 1. The van der Waals surface area contributed by atoms with E-state index in [1.54, 1.807) is 19.1 Å². The fourth-order valence-corrected chi connectivity index (χ4v) is 4.00. The molecule has 0 fully saturated rings. The molecular weight excluding hydrogens is 388 g/mol. The molecule has 4 rings (SSSR count). The summed E-state index contributed by atoms with van der Waals surface area (Å²) in [5.74, 6) is 0.427. The predicted octanol–water partition coefficient (Wildman–Crippen LogP) is 4.01. The van der Waals surface area contributed by atoms with Crippen LogP contribution in [0.5, 0.6) is 5.75 Å². The maximum Gasteiger partial charge on any atom is 0.263 e. The van der Waals surface area contributed by atoms with Crippen LogP contribution in [0.2, 0.25) is 0 Å². The van der Waals surface area contributed by atoms with E-state index in [1.807, 2.05) is 71.6 Å². The molecule has 0 bridgehead atoms. The van der Waals surface area contributed by atoms with Gasteiger partial charge in [-0.25, -0.2) is 0 Å². The van der Waals surface area contributed by atoms with Crippen LogP contribution in [-0.4, -0.2) is 35.9 Å². The molecule has 3 aromatic carbocycles. The van der Waals surface area contributed by atoms with Crippen molar-refractivity contribution in [1.82, 2.24) is 10.2 Å². The van der Waals surface area contributed by atoms with Gasteiger partial charge in [0, 0.05) is 18.7 Å². The second-order valence-electron chi connectivity index (χ2n) is 7.65. The van der Waals surface area contributed by atoms with Crippen molar-refractivity contribution in [3.63, 3.8) is 0 Å². The molecule has 1 N–H and O–H groups in total. The average molecular weight is 415 g/mol. The first kappa shape index (κ1) is 20.7. The Kier molecular flexibility index (Phi) is 6.32. The van der Waals surface area contributed by atoms with Crippen LogP contribution in [0.3, 0.4) is 0 Å². The van der Waals surface area contributed by atoms with E-state index < -0.39 is 6.10 Å². The fourth-order valence-electron chi connectivity index (χ4n) is 4.00. The van der Waals surface area contributed by atoms with Crippen LogP contribution in [0.1, 0.15) is 34.5 Å². The van der Waals surface area contributed by atoms with Gasteiger partial charge in [0.2, 0.25) is 0 Å². The largest absolute Gasteiger partial charge is 0.481 e. The first-order chi connectivity index (χ1) is 15.1. The molecule has 0 saturated carbocycles. The van der Waals surface area contributed by atoms with Gasteiger partial charge in [-0.3, -0.25) is 9.59 Å². The zero-order valence-electron chi connectivity index (χ0n) is 17.5. The molecule has 0 aromatic heterocycles. The quantitative estimate of drug-likeness (QED) is 0.663. The summed E-state index contributed by atoms with van der Waals surface area (Å²) in [5.41, 5.74) is 2.88. The monoisotopic (exact) mass is 414 g/mol. The van der Waals surface area contributed by atoms with Gasteiger partial charge in [0.1, 0.15) is 5.75 Å². The van der Waals surface area contributed by atoms with Crippen LogP contribution >= 0.6 is 0 Å². The SMILES string of the molecule is CC(Oc1ccccc1)C(=O)N1CCc2ccccc2C1CNC(=O)c1ccccc1. The van der Waals surface area contributed by atoms with Gasteiger partial charge in [0.25, 0.3) is 11.8 Å². The van der Waals surface area contributed by atoms with Crippen molar-refractivity contribution in [3.05, 3.63) is 102 Å². The molecule has 0 saturated heterocycles. The molecule has 3 aromatic rings. The van der Waals surface area contributed by atoms with Crippen molar-refractivity contribution >= 4 is 11.8 Å². The highest BCUT2D eigenvalue weighted by Crippen LogP contribution is 2.30. The first-order valence-electron chi connectivity index (χ1n) is 10.6. The summed E-state index contributed by atoms with van der Waals surface area (Å²) in [6.07, 6.45) is 0.156. The Hall–Kier alpha value is -3.60. The lowest BCUT2D eigenvalue weighted by molar-refractivity contribution is -0.140. The molecule has 1 aliphatic heterocycles. The van der Waals surface area contributed by atoms with Crippen molar-refractivity contribution in [3.8, 4) is 5.75 Å². The van der Waals surface area contributed by atoms with Gasteiger partial charge in [0.15, 0.2) is 6.10 Å². The van der Waals surface area contributed by atoms with Crippen molar-refractivity contribution in [1.29, 1.82) is 0 Å². The highest BCUT2D eigenvalue weighted by atomic mass is 16.5. The number of fused-ring (bicyclic) bond motifs is 1. The Bertz CT molecular complexity index is 1040. The number of carbonyl (C=O) groups is 2. The number of carbonyl (C=O) groups excluding carboxylic acids is 2. The topological polar surface area (TPSA) is 58.6 Å². The summed E-state index contributed by atoms with van der Waals surface area (Å²) in [4.78, 5) is 27.8. The fraction of sp³-hybridized carbons (Fsp3) is 0.231. The minimum atomic E-state index is -0.625. The lowest BCUT2D eigenvalue weighted by atomic mass is 9.92. The molecule has 0 spiro atoms. The van der Waals surface area contributed by atoms with Gasteiger partial charge >= 0.3 is 0 Å². The van der Waals surface area contributed by atoms with Crippen LogP contribution in [0.25, 0.3) is 0 Å². The molecule has 5 nitrogen and oxygen atoms in total. The number of nitrogens with one attached hydrogen (secondary N) is 1. The van der Waals surface area contributed by atoms with Crippen LogP contribution in [0, 0.1) is 0 Å². The summed E-state index contributed by atoms with van der Waals surface area (Å²) in [6, 6.07) is 26.3. The molecule has 31 heavy (non-hydrogen) atoms. The van der Waals surface area contributed by atoms with Crippen LogP contribution in [0.4, 0.5) is 0 Å². The number of amides is 2. The highest BCUT2D eigenvalue weighted by Gasteiger charge is 2.33. The Morgan fingerprint density at radius 2 is 1.61 bits per heavy atom. The van der Waals surface area contributed by atoms with E-state index in [4.69, 9.17) is 4.74 Å². The molecule has 1 aliphatic rings. The number of rotatable bonds is 6. The van der Waals surface area contributed by atoms with E-state index in [1.165, 1.54) is 5.56 Å². The van der Waals surface area contributed by atoms with E-state index in [9.17, 15) is 9.59 Å². The number of nitrogens with zero attached hydrogens (tertiary/aromatic N) is 1. The first-order valence-corrected chi connectivity index (χ1v) is 10.6. The van der Waals surface area contributed by atoms with Crippen LogP contribution < -0.4 is 10.1 Å². The third-order valence-corrected chi connectivity index (χ3v) is 5.59. The normalized spacial score (nSPS) is 16.2. The molecule has 2 atom stereocenters. The zero-order chi connectivity index (χ0) is 21.6. The maximum absolute atomic E-state index is 13.3. The zero-order valence-corrected chi connectivity index (χ0v) is 17.5. The van der Waals surface area contributed by atoms with Gasteiger partial charge in [-0.2, -0.15) is 0 Å². The Balaban J connectivity index is 1.52. The molecular formula is C26H26N2O3. The lowest BCUT2D eigenvalue weighted by Crippen LogP contribution is -2.49. The Morgan fingerprint density at radius 1 is 0.968 bits per heavy atom. The summed E-state index contributed by atoms with van der Waals surface area (Å²) in [6.45, 7) is 2.70. The average Bonchev–Trinajstić information content (AvgIpc) is 2.83. The molecule has 5 heteroatoms. The van der Waals surface area contributed by atoms with E-state index in [2.05, 4.69) is 11.4 Å². The number of ether oxygens (including phenoxy) is 1. The van der Waals surface area contributed by atoms with Crippen molar-refractivity contribution in [2.45, 2.75) is 25.5 Å². The summed E-state index contributed by atoms with van der Waals surface area (Å²) < 4.78 is 5.88. The molecule has 1 heterocycles. The van der Waals surface area contributed by atoms with Gasteiger partial charge < -0.3 is 15.0 Å². The minimum Gasteiger partial charge on any atom is -0.481 e. The number of hydrogen-bond acceptors (Lipinski definition) is 3. The van der Waals surface area contributed by atoms with Crippen molar-refractivity contribution in [2.24, 2.45) is 0 Å². The standard InChI is InChI=1S/C26H26N2O3/c1-19(31-22-13-6-3-7-14-22)26(30)28-17-16-20-10-8-9-15-23(20)24(28)18-27-25(29)21-11-4-2-5-12-21/h2-15,19,24H,16-18H2,1H3,(H,27,29). The Morgan fingerprint density at radius 3 is 2.35 bits per heavy atom. The van der Waals surface area contributed by atoms with Gasteiger partial charge in [0.05, 0.1) is 6.04 Å².